The second-order valence-electron chi connectivity index (χ2n) is 16.5. The first-order valence-electron chi connectivity index (χ1n) is 20.6. The Balaban J connectivity index is 1.25. The minimum atomic E-state index is -0.0277. The summed E-state index contributed by atoms with van der Waals surface area (Å²) in [5, 5.41) is 7.51. The quantitative estimate of drug-likeness (QED) is 0.146. The minimum Gasteiger partial charge on any atom is -0.309 e. The van der Waals surface area contributed by atoms with Crippen LogP contribution in [0.3, 0.4) is 0 Å². The van der Waals surface area contributed by atoms with E-state index in [-0.39, 0.29) is 5.41 Å². The van der Waals surface area contributed by atoms with E-state index in [0.717, 1.165) is 17.1 Å². The van der Waals surface area contributed by atoms with Crippen LogP contribution in [-0.2, 0) is 5.41 Å². The van der Waals surface area contributed by atoms with Crippen molar-refractivity contribution < 1.29 is 0 Å². The zero-order valence-corrected chi connectivity index (χ0v) is 33.7. The lowest BCUT2D eigenvalue weighted by molar-refractivity contribution is 0.590. The van der Waals surface area contributed by atoms with Crippen LogP contribution in [0.1, 0.15) is 26.3 Å². The van der Waals surface area contributed by atoms with E-state index in [2.05, 4.69) is 244 Å². The highest BCUT2D eigenvalue weighted by atomic mass is 15.1. The van der Waals surface area contributed by atoms with Crippen molar-refractivity contribution in [3.8, 4) is 44.5 Å². The maximum Gasteiger partial charge on any atom is 0.0540 e. The summed E-state index contributed by atoms with van der Waals surface area (Å²) in [7, 11) is 0. The molecule has 59 heavy (non-hydrogen) atoms. The average Bonchev–Trinajstić information content (AvgIpc) is 3.29. The van der Waals surface area contributed by atoms with Gasteiger partial charge in [-0.1, -0.05) is 209 Å². The molecular weight excluding hydrogens is 711 g/mol. The Bertz CT molecular complexity index is 3130. The second kappa shape index (κ2) is 14.9. The molecule has 0 aromatic heterocycles. The van der Waals surface area contributed by atoms with Crippen LogP contribution in [0.5, 0.6) is 0 Å². The lowest BCUT2D eigenvalue weighted by Crippen LogP contribution is -2.15. The van der Waals surface area contributed by atoms with Crippen molar-refractivity contribution in [2.45, 2.75) is 26.2 Å². The van der Waals surface area contributed by atoms with Crippen LogP contribution in [0.2, 0.25) is 0 Å². The van der Waals surface area contributed by atoms with Crippen molar-refractivity contribution in [1.82, 2.24) is 0 Å². The number of hydrogen-bond acceptors (Lipinski definition) is 1. The molecule has 0 heterocycles. The summed E-state index contributed by atoms with van der Waals surface area (Å²) in [6, 6.07) is 80.2. The highest BCUT2D eigenvalue weighted by molar-refractivity contribution is 6.13. The van der Waals surface area contributed by atoms with Gasteiger partial charge < -0.3 is 4.90 Å². The van der Waals surface area contributed by atoms with Crippen LogP contribution < -0.4 is 4.90 Å². The number of hydrogen-bond donors (Lipinski definition) is 0. The zero-order chi connectivity index (χ0) is 39.9. The molecule has 1 nitrogen and oxygen atoms in total. The van der Waals surface area contributed by atoms with Gasteiger partial charge in [0.15, 0.2) is 0 Å². The van der Waals surface area contributed by atoms with Gasteiger partial charge >= 0.3 is 0 Å². The van der Waals surface area contributed by atoms with E-state index < -0.39 is 0 Å². The molecule has 0 N–H and O–H groups in total. The first-order valence-corrected chi connectivity index (χ1v) is 20.6. The summed E-state index contributed by atoms with van der Waals surface area (Å²) in [6.45, 7) is 6.89. The third kappa shape index (κ3) is 6.65. The van der Waals surface area contributed by atoms with Gasteiger partial charge in [0.1, 0.15) is 0 Å². The molecule has 282 valence electrons. The molecule has 1 heteroatoms. The van der Waals surface area contributed by atoms with Crippen molar-refractivity contribution in [2.75, 3.05) is 4.90 Å². The van der Waals surface area contributed by atoms with Gasteiger partial charge in [-0.3, -0.25) is 0 Å². The molecule has 10 rings (SSSR count). The monoisotopic (exact) mass is 755 g/mol. The third-order valence-electron chi connectivity index (χ3n) is 11.8. The normalized spacial score (nSPS) is 11.6. The fourth-order valence-corrected chi connectivity index (χ4v) is 8.88. The van der Waals surface area contributed by atoms with Crippen molar-refractivity contribution in [1.29, 1.82) is 0 Å². The molecule has 0 saturated heterocycles. The van der Waals surface area contributed by atoms with Gasteiger partial charge in [0.05, 0.1) is 11.4 Å². The van der Waals surface area contributed by atoms with E-state index >= 15 is 0 Å². The molecule has 0 radical (unpaired) electrons. The summed E-state index contributed by atoms with van der Waals surface area (Å²) < 4.78 is 0. The Hall–Kier alpha value is -7.22. The molecule has 0 aliphatic rings. The number of para-hydroxylation sites is 1. The fraction of sp³-hybridized carbons (Fsp3) is 0.0690. The molecule has 0 spiro atoms. The molecule has 0 atom stereocenters. The smallest absolute Gasteiger partial charge is 0.0540 e. The van der Waals surface area contributed by atoms with Crippen molar-refractivity contribution >= 4 is 49.4 Å². The molecule has 0 amide bonds. The summed E-state index contributed by atoms with van der Waals surface area (Å²) in [6.07, 6.45) is 0. The number of nitrogens with zero attached hydrogens (tertiary/aromatic N) is 1. The minimum absolute atomic E-state index is 0.0277. The summed E-state index contributed by atoms with van der Waals surface area (Å²) in [5.74, 6) is 0. The number of anilines is 3. The van der Waals surface area contributed by atoms with Gasteiger partial charge in [-0.15, -0.1) is 0 Å². The van der Waals surface area contributed by atoms with Crippen LogP contribution in [0, 0.1) is 0 Å². The Labute approximate surface area is 347 Å². The fourth-order valence-electron chi connectivity index (χ4n) is 8.88. The molecule has 0 bridgehead atoms. The standard InChI is InChI=1S/C58H45N/c1-58(2,3)45-35-37-56(54(39-45)41-20-8-5-9-21-41)59(46-26-14-25-44(38-46)48-29-17-31-50-47-27-11-10-22-42(47)34-36-51(48)50)55-33-13-12-28-52(55)53-32-16-24-43-23-15-30-49(57(43)53)40-18-6-4-7-19-40/h4-39H,1-3H3. The Morgan fingerprint density at radius 3 is 1.66 bits per heavy atom. The summed E-state index contributed by atoms with van der Waals surface area (Å²) in [4.78, 5) is 2.50. The lowest BCUT2D eigenvalue weighted by atomic mass is 9.84. The Kier molecular flexibility index (Phi) is 9.15. The summed E-state index contributed by atoms with van der Waals surface area (Å²) in [5.41, 5.74) is 14.2. The molecule has 0 unspecified atom stereocenters. The molecular formula is C58H45N. The topological polar surface area (TPSA) is 3.24 Å². The predicted octanol–water partition coefficient (Wildman–Crippen LogP) is 16.6. The highest BCUT2D eigenvalue weighted by Crippen LogP contribution is 2.48. The molecule has 0 aliphatic carbocycles. The Morgan fingerprint density at radius 2 is 0.881 bits per heavy atom. The molecule has 0 saturated carbocycles. The van der Waals surface area contributed by atoms with Gasteiger partial charge in [-0.2, -0.15) is 0 Å². The van der Waals surface area contributed by atoms with Crippen LogP contribution in [0.25, 0.3) is 76.8 Å². The summed E-state index contributed by atoms with van der Waals surface area (Å²) >= 11 is 0. The number of fused-ring (bicyclic) bond motifs is 4. The maximum atomic E-state index is 2.50. The van der Waals surface area contributed by atoms with Crippen molar-refractivity contribution in [3.63, 3.8) is 0 Å². The number of rotatable bonds is 7. The zero-order valence-electron chi connectivity index (χ0n) is 33.7. The van der Waals surface area contributed by atoms with Crippen LogP contribution >= 0.6 is 0 Å². The molecule has 0 fully saturated rings. The van der Waals surface area contributed by atoms with E-state index in [9.17, 15) is 0 Å². The maximum absolute atomic E-state index is 2.50. The van der Waals surface area contributed by atoms with Gasteiger partial charge in [0.2, 0.25) is 0 Å². The van der Waals surface area contributed by atoms with Gasteiger partial charge in [0.25, 0.3) is 0 Å². The lowest BCUT2D eigenvalue weighted by Gasteiger charge is -2.32. The molecule has 0 aliphatic heterocycles. The van der Waals surface area contributed by atoms with Crippen LogP contribution in [-0.4, -0.2) is 0 Å². The van der Waals surface area contributed by atoms with E-state index in [4.69, 9.17) is 0 Å². The highest BCUT2D eigenvalue weighted by Gasteiger charge is 2.24. The first kappa shape index (κ1) is 36.1. The molecule has 10 aromatic rings. The molecule has 10 aromatic carbocycles. The van der Waals surface area contributed by atoms with E-state index in [1.165, 1.54) is 82.4 Å². The van der Waals surface area contributed by atoms with Crippen LogP contribution in [0.15, 0.2) is 218 Å². The van der Waals surface area contributed by atoms with Gasteiger partial charge in [-0.25, -0.2) is 0 Å². The van der Waals surface area contributed by atoms with Crippen molar-refractivity contribution in [2.24, 2.45) is 0 Å². The van der Waals surface area contributed by atoms with E-state index in [1.54, 1.807) is 0 Å². The third-order valence-corrected chi connectivity index (χ3v) is 11.8. The number of benzene rings is 10. The Morgan fingerprint density at radius 1 is 0.322 bits per heavy atom. The van der Waals surface area contributed by atoms with Crippen molar-refractivity contribution in [3.05, 3.63) is 224 Å². The predicted molar refractivity (Wildman–Crippen MR) is 254 cm³/mol. The van der Waals surface area contributed by atoms with Gasteiger partial charge in [0, 0.05) is 16.8 Å². The second-order valence-corrected chi connectivity index (χ2v) is 16.5. The first-order chi connectivity index (χ1) is 28.9. The van der Waals surface area contributed by atoms with E-state index in [0.29, 0.717) is 0 Å². The largest absolute Gasteiger partial charge is 0.309 e. The van der Waals surface area contributed by atoms with E-state index in [1.807, 2.05) is 0 Å². The average molecular weight is 756 g/mol. The van der Waals surface area contributed by atoms with Crippen LogP contribution in [0.4, 0.5) is 17.1 Å². The van der Waals surface area contributed by atoms with Gasteiger partial charge in [-0.05, 0) is 107 Å². The SMILES string of the molecule is CC(C)(C)c1ccc(N(c2cccc(-c3cccc4c3ccc3ccccc34)c2)c2ccccc2-c2cccc3cccc(-c4ccccc4)c23)c(-c2ccccc2)c1.